The van der Waals surface area contributed by atoms with Crippen molar-refractivity contribution in [2.45, 2.75) is 18.8 Å². The van der Waals surface area contributed by atoms with Crippen LogP contribution in [-0.2, 0) is 4.79 Å². The third-order valence-corrected chi connectivity index (χ3v) is 5.53. The van der Waals surface area contributed by atoms with Crippen LogP contribution in [0.3, 0.4) is 0 Å². The van der Waals surface area contributed by atoms with Gasteiger partial charge in [-0.25, -0.2) is 4.98 Å². The molecule has 6 nitrogen and oxygen atoms in total. The maximum absolute atomic E-state index is 12.6. The first-order chi connectivity index (χ1) is 14.3. The van der Waals surface area contributed by atoms with Crippen LogP contribution in [-0.4, -0.2) is 40.4 Å². The van der Waals surface area contributed by atoms with Crippen LogP contribution in [0.1, 0.15) is 24.7 Å². The number of para-hydroxylation sites is 2. The van der Waals surface area contributed by atoms with Crippen LogP contribution >= 0.6 is 0 Å². The number of anilines is 1. The van der Waals surface area contributed by atoms with E-state index in [0.29, 0.717) is 12.5 Å². The first-order valence-corrected chi connectivity index (χ1v) is 9.98. The van der Waals surface area contributed by atoms with Crippen molar-refractivity contribution in [2.75, 3.05) is 25.0 Å². The number of pyridine rings is 1. The molecule has 6 heteroatoms. The molecule has 0 aliphatic carbocycles. The lowest BCUT2D eigenvalue weighted by atomic mass is 9.97. The van der Waals surface area contributed by atoms with Crippen LogP contribution < -0.4 is 5.32 Å². The van der Waals surface area contributed by atoms with E-state index in [1.54, 1.807) is 6.20 Å². The maximum atomic E-state index is 12.6. The molecule has 2 aromatic carbocycles. The summed E-state index contributed by atoms with van der Waals surface area (Å²) in [6.07, 6.45) is 3.64. The fraction of sp³-hybridized carbons (Fsp3) is 0.261. The van der Waals surface area contributed by atoms with Crippen LogP contribution in [0.2, 0.25) is 0 Å². The number of amides is 1. The monoisotopic (exact) mass is 386 g/mol. The van der Waals surface area contributed by atoms with Crippen molar-refractivity contribution in [2.24, 2.45) is 0 Å². The largest absolute Gasteiger partial charge is 0.440 e. The van der Waals surface area contributed by atoms with E-state index in [1.165, 1.54) is 0 Å². The first-order valence-electron chi connectivity index (χ1n) is 9.98. The first kappa shape index (κ1) is 17.8. The van der Waals surface area contributed by atoms with Crippen molar-refractivity contribution < 1.29 is 9.21 Å². The SMILES string of the molecule is O=C(CN1CCC(c2nc3ccccc3o2)CC1)Nc1cccc2ncccc12. The Labute approximate surface area is 168 Å². The van der Waals surface area contributed by atoms with E-state index < -0.39 is 0 Å². The number of carbonyl (C=O) groups is 1. The van der Waals surface area contributed by atoms with Crippen LogP contribution in [0.25, 0.3) is 22.0 Å². The second-order valence-corrected chi connectivity index (χ2v) is 7.49. The van der Waals surface area contributed by atoms with E-state index >= 15 is 0 Å². The van der Waals surface area contributed by atoms with Crippen molar-refractivity contribution in [1.82, 2.24) is 14.9 Å². The molecule has 1 aliphatic heterocycles. The number of likely N-dealkylation sites (tertiary alicyclic amines) is 1. The van der Waals surface area contributed by atoms with Gasteiger partial charge in [-0.05, 0) is 62.3 Å². The fourth-order valence-electron chi connectivity index (χ4n) is 4.01. The molecular weight excluding hydrogens is 364 g/mol. The third-order valence-electron chi connectivity index (χ3n) is 5.53. The van der Waals surface area contributed by atoms with E-state index in [-0.39, 0.29) is 5.91 Å². The van der Waals surface area contributed by atoms with Crippen LogP contribution in [0.15, 0.2) is 65.2 Å². The Morgan fingerprint density at radius 3 is 2.72 bits per heavy atom. The number of carbonyl (C=O) groups excluding carboxylic acids is 1. The molecule has 146 valence electrons. The highest BCUT2D eigenvalue weighted by atomic mass is 16.3. The van der Waals surface area contributed by atoms with Gasteiger partial charge in [-0.1, -0.05) is 18.2 Å². The molecule has 1 fully saturated rings. The number of rotatable bonds is 4. The summed E-state index contributed by atoms with van der Waals surface area (Å²) in [5.74, 6) is 1.13. The van der Waals surface area contributed by atoms with Gasteiger partial charge in [-0.15, -0.1) is 0 Å². The van der Waals surface area contributed by atoms with Crippen LogP contribution in [0.5, 0.6) is 0 Å². The van der Waals surface area contributed by atoms with Gasteiger partial charge in [-0.3, -0.25) is 14.7 Å². The van der Waals surface area contributed by atoms with E-state index in [0.717, 1.165) is 59.5 Å². The Hall–Kier alpha value is -3.25. The van der Waals surface area contributed by atoms with E-state index in [2.05, 4.69) is 20.2 Å². The second-order valence-electron chi connectivity index (χ2n) is 7.49. The maximum Gasteiger partial charge on any atom is 0.238 e. The van der Waals surface area contributed by atoms with Gasteiger partial charge in [0.15, 0.2) is 11.5 Å². The minimum absolute atomic E-state index is 0.00154. The molecule has 5 rings (SSSR count). The molecule has 29 heavy (non-hydrogen) atoms. The number of piperidine rings is 1. The lowest BCUT2D eigenvalue weighted by Gasteiger charge is -2.29. The van der Waals surface area contributed by atoms with Crippen molar-refractivity contribution in [3.05, 3.63) is 66.7 Å². The van der Waals surface area contributed by atoms with Gasteiger partial charge in [0.05, 0.1) is 17.7 Å². The molecule has 0 atom stereocenters. The minimum atomic E-state index is 0.00154. The molecule has 2 aromatic heterocycles. The summed E-state index contributed by atoms with van der Waals surface area (Å²) in [5, 5.41) is 4.00. The minimum Gasteiger partial charge on any atom is -0.440 e. The number of hydrogen-bond donors (Lipinski definition) is 1. The number of nitrogens with zero attached hydrogens (tertiary/aromatic N) is 3. The molecule has 0 saturated carbocycles. The van der Waals surface area contributed by atoms with E-state index in [1.807, 2.05) is 54.6 Å². The van der Waals surface area contributed by atoms with Gasteiger partial charge < -0.3 is 9.73 Å². The lowest BCUT2D eigenvalue weighted by Crippen LogP contribution is -2.38. The van der Waals surface area contributed by atoms with E-state index in [9.17, 15) is 4.79 Å². The predicted molar refractivity (Wildman–Crippen MR) is 113 cm³/mol. The lowest BCUT2D eigenvalue weighted by molar-refractivity contribution is -0.117. The highest BCUT2D eigenvalue weighted by molar-refractivity contribution is 6.01. The average molecular weight is 386 g/mol. The third kappa shape index (κ3) is 3.71. The second kappa shape index (κ2) is 7.64. The molecule has 3 heterocycles. The summed E-state index contributed by atoms with van der Waals surface area (Å²) < 4.78 is 5.93. The Bertz CT molecular complexity index is 1120. The number of oxazole rings is 1. The Morgan fingerprint density at radius 1 is 1.03 bits per heavy atom. The molecule has 1 N–H and O–H groups in total. The zero-order valence-corrected chi connectivity index (χ0v) is 16.0. The van der Waals surface area contributed by atoms with Gasteiger partial charge in [0.25, 0.3) is 0 Å². The van der Waals surface area contributed by atoms with E-state index in [4.69, 9.17) is 4.42 Å². The van der Waals surface area contributed by atoms with Crippen molar-refractivity contribution >= 4 is 33.6 Å². The van der Waals surface area contributed by atoms with Gasteiger partial charge in [0, 0.05) is 17.5 Å². The number of aromatic nitrogens is 2. The Morgan fingerprint density at radius 2 is 1.86 bits per heavy atom. The number of fused-ring (bicyclic) bond motifs is 2. The zero-order valence-electron chi connectivity index (χ0n) is 16.0. The van der Waals surface area contributed by atoms with Gasteiger partial charge in [-0.2, -0.15) is 0 Å². The molecule has 0 spiro atoms. The summed E-state index contributed by atoms with van der Waals surface area (Å²) >= 11 is 0. The highest BCUT2D eigenvalue weighted by Gasteiger charge is 2.25. The van der Waals surface area contributed by atoms with Gasteiger partial charge in [0.1, 0.15) is 5.52 Å². The topological polar surface area (TPSA) is 71.3 Å². The Balaban J connectivity index is 1.19. The number of nitrogens with one attached hydrogen (secondary N) is 1. The summed E-state index contributed by atoms with van der Waals surface area (Å²) in [5.41, 5.74) is 3.44. The number of benzene rings is 2. The molecule has 4 aromatic rings. The van der Waals surface area contributed by atoms with Crippen LogP contribution in [0.4, 0.5) is 5.69 Å². The van der Waals surface area contributed by atoms with Crippen LogP contribution in [0, 0.1) is 0 Å². The molecule has 1 amide bonds. The van der Waals surface area contributed by atoms with Crippen molar-refractivity contribution in [3.63, 3.8) is 0 Å². The van der Waals surface area contributed by atoms with Gasteiger partial charge >= 0.3 is 0 Å². The normalized spacial score (nSPS) is 15.7. The van der Waals surface area contributed by atoms with Crippen molar-refractivity contribution in [1.29, 1.82) is 0 Å². The fourth-order valence-corrected chi connectivity index (χ4v) is 4.01. The molecule has 0 bridgehead atoms. The van der Waals surface area contributed by atoms with Crippen molar-refractivity contribution in [3.8, 4) is 0 Å². The zero-order chi connectivity index (χ0) is 19.6. The molecule has 0 unspecified atom stereocenters. The molecule has 1 aliphatic rings. The molecular formula is C23H22N4O2. The highest BCUT2D eigenvalue weighted by Crippen LogP contribution is 2.30. The average Bonchev–Trinajstić information content (AvgIpc) is 3.19. The standard InChI is InChI=1S/C23H22N4O2/c28-22(25-19-8-3-7-18-17(19)5-4-12-24-18)15-27-13-10-16(11-14-27)23-26-20-6-1-2-9-21(20)29-23/h1-9,12,16H,10-11,13-15H2,(H,25,28). The smallest absolute Gasteiger partial charge is 0.238 e. The molecule has 1 saturated heterocycles. The number of hydrogen-bond acceptors (Lipinski definition) is 5. The quantitative estimate of drug-likeness (QED) is 0.569. The molecule has 0 radical (unpaired) electrons. The predicted octanol–water partition coefficient (Wildman–Crippen LogP) is 4.19. The summed E-state index contributed by atoms with van der Waals surface area (Å²) in [7, 11) is 0. The summed E-state index contributed by atoms with van der Waals surface area (Å²) in [6, 6.07) is 17.5. The van der Waals surface area contributed by atoms with Gasteiger partial charge in [0.2, 0.25) is 5.91 Å². The summed E-state index contributed by atoms with van der Waals surface area (Å²) in [6.45, 7) is 2.10. The summed E-state index contributed by atoms with van der Waals surface area (Å²) in [4.78, 5) is 23.8. The Kier molecular flexibility index (Phi) is 4.69.